The molecule has 124 valence electrons. The van der Waals surface area contributed by atoms with Crippen molar-refractivity contribution in [2.45, 2.75) is 13.0 Å². The molecule has 1 aromatic heterocycles. The first-order chi connectivity index (χ1) is 12.3. The highest BCUT2D eigenvalue weighted by Gasteiger charge is 2.25. The molecule has 2 heterocycles. The molecule has 1 aliphatic rings. The molecule has 1 aliphatic heterocycles. The van der Waals surface area contributed by atoms with E-state index in [1.807, 2.05) is 61.5 Å². The number of nitrogens with one attached hydrogen (secondary N) is 2. The summed E-state index contributed by atoms with van der Waals surface area (Å²) in [6.45, 7) is 1.96. The summed E-state index contributed by atoms with van der Waals surface area (Å²) in [6.07, 6.45) is 2.61. The molecular formula is C20H17N3O2. The Kier molecular flexibility index (Phi) is 3.82. The van der Waals surface area contributed by atoms with Gasteiger partial charge in [0.15, 0.2) is 0 Å². The molecule has 0 aliphatic carbocycles. The molecule has 1 atom stereocenters. The van der Waals surface area contributed by atoms with Crippen molar-refractivity contribution in [3.8, 4) is 22.8 Å². The number of hydrogen-bond donors (Lipinski definition) is 2. The van der Waals surface area contributed by atoms with Gasteiger partial charge >= 0.3 is 0 Å². The van der Waals surface area contributed by atoms with E-state index in [1.165, 1.54) is 0 Å². The van der Waals surface area contributed by atoms with E-state index in [0.717, 1.165) is 45.9 Å². The number of aromatic amines is 1. The van der Waals surface area contributed by atoms with E-state index >= 15 is 0 Å². The first-order valence-corrected chi connectivity index (χ1v) is 8.06. The number of aromatic nitrogens is 1. The van der Waals surface area contributed by atoms with Crippen LogP contribution in [0.3, 0.4) is 0 Å². The Balaban J connectivity index is 1.82. The summed E-state index contributed by atoms with van der Waals surface area (Å²) >= 11 is 0. The first kappa shape index (κ1) is 15.2. The van der Waals surface area contributed by atoms with Gasteiger partial charge in [-0.1, -0.05) is 30.3 Å². The number of ether oxygens (including phenoxy) is 1. The highest BCUT2D eigenvalue weighted by molar-refractivity contribution is 5.95. The molecule has 0 fully saturated rings. The monoisotopic (exact) mass is 331 g/mol. The molecule has 0 bridgehead atoms. The van der Waals surface area contributed by atoms with Crippen molar-refractivity contribution in [3.05, 3.63) is 71.4 Å². The molecule has 4 rings (SSSR count). The Hall–Kier alpha value is -3.34. The van der Waals surface area contributed by atoms with Gasteiger partial charge < -0.3 is 14.5 Å². The zero-order valence-electron chi connectivity index (χ0n) is 13.7. The minimum atomic E-state index is -0.438. The molecule has 0 spiro atoms. The number of rotatable bonds is 4. The Morgan fingerprint density at radius 1 is 1.08 bits per heavy atom. The van der Waals surface area contributed by atoms with Gasteiger partial charge in [-0.05, 0) is 31.2 Å². The molecule has 0 radical (unpaired) electrons. The van der Waals surface area contributed by atoms with Crippen molar-refractivity contribution in [2.75, 3.05) is 0 Å². The maximum absolute atomic E-state index is 11.4. The number of nitrogens with zero attached hydrogens (tertiary/aromatic N) is 1. The number of aldehydes is 1. The minimum absolute atomic E-state index is 0.438. The van der Waals surface area contributed by atoms with Gasteiger partial charge in [0.1, 0.15) is 23.8 Å². The standard InChI is InChI=1S/C20H17N3O2/c1-13-19-16(11-21-23-17(19)12-24)20(22-13)15-9-5-6-10-18(15)25-14-7-3-2-4-8-14/h2-12,17,22-23H,1H3. The molecule has 3 aromatic rings. The summed E-state index contributed by atoms with van der Waals surface area (Å²) in [7, 11) is 0. The second kappa shape index (κ2) is 6.28. The number of benzene rings is 2. The lowest BCUT2D eigenvalue weighted by Gasteiger charge is -2.16. The van der Waals surface area contributed by atoms with E-state index in [2.05, 4.69) is 15.5 Å². The summed E-state index contributed by atoms with van der Waals surface area (Å²) in [4.78, 5) is 14.7. The van der Waals surface area contributed by atoms with Crippen LogP contribution in [0, 0.1) is 6.92 Å². The lowest BCUT2D eigenvalue weighted by Crippen LogP contribution is -2.22. The van der Waals surface area contributed by atoms with Crippen LogP contribution in [-0.2, 0) is 4.79 Å². The van der Waals surface area contributed by atoms with Crippen LogP contribution in [-0.4, -0.2) is 17.5 Å². The highest BCUT2D eigenvalue weighted by Crippen LogP contribution is 2.38. The minimum Gasteiger partial charge on any atom is -0.457 e. The van der Waals surface area contributed by atoms with Gasteiger partial charge in [-0.2, -0.15) is 5.10 Å². The molecule has 5 heteroatoms. The number of fused-ring (bicyclic) bond motifs is 1. The Bertz CT molecular complexity index is 945. The number of H-pyrrole nitrogens is 1. The molecule has 1 unspecified atom stereocenters. The summed E-state index contributed by atoms with van der Waals surface area (Å²) in [5.41, 5.74) is 7.44. The van der Waals surface area contributed by atoms with Gasteiger partial charge in [0, 0.05) is 22.4 Å². The molecule has 25 heavy (non-hydrogen) atoms. The molecular weight excluding hydrogens is 314 g/mol. The molecule has 2 N–H and O–H groups in total. The van der Waals surface area contributed by atoms with Gasteiger partial charge in [-0.3, -0.25) is 5.43 Å². The van der Waals surface area contributed by atoms with Gasteiger partial charge in [-0.15, -0.1) is 0 Å². The van der Waals surface area contributed by atoms with Crippen molar-refractivity contribution < 1.29 is 9.53 Å². The third-order valence-electron chi connectivity index (χ3n) is 4.26. The van der Waals surface area contributed by atoms with Gasteiger partial charge in [0.05, 0.1) is 11.9 Å². The van der Waals surface area contributed by atoms with E-state index in [1.54, 1.807) is 6.21 Å². The molecule has 0 amide bonds. The fourth-order valence-electron chi connectivity index (χ4n) is 3.13. The first-order valence-electron chi connectivity index (χ1n) is 8.06. The third-order valence-corrected chi connectivity index (χ3v) is 4.26. The number of carbonyl (C=O) groups excluding carboxylic acids is 1. The topological polar surface area (TPSA) is 66.5 Å². The van der Waals surface area contributed by atoms with Gasteiger partial charge in [-0.25, -0.2) is 0 Å². The van der Waals surface area contributed by atoms with Crippen molar-refractivity contribution in [1.82, 2.24) is 10.4 Å². The zero-order valence-corrected chi connectivity index (χ0v) is 13.7. The number of hydrogen-bond acceptors (Lipinski definition) is 4. The molecule has 5 nitrogen and oxygen atoms in total. The molecule has 0 saturated heterocycles. The van der Waals surface area contributed by atoms with Crippen LogP contribution in [0.2, 0.25) is 0 Å². The van der Waals surface area contributed by atoms with Crippen molar-refractivity contribution in [3.63, 3.8) is 0 Å². The lowest BCUT2D eigenvalue weighted by molar-refractivity contribution is -0.109. The Labute approximate surface area is 145 Å². The smallest absolute Gasteiger partial charge is 0.148 e. The van der Waals surface area contributed by atoms with Crippen molar-refractivity contribution in [1.29, 1.82) is 0 Å². The third kappa shape index (κ3) is 2.70. The van der Waals surface area contributed by atoms with Crippen LogP contribution in [0.25, 0.3) is 11.3 Å². The lowest BCUT2D eigenvalue weighted by atomic mass is 9.99. The zero-order chi connectivity index (χ0) is 17.2. The van der Waals surface area contributed by atoms with E-state index < -0.39 is 6.04 Å². The second-order valence-corrected chi connectivity index (χ2v) is 5.86. The van der Waals surface area contributed by atoms with E-state index in [-0.39, 0.29) is 0 Å². The average molecular weight is 331 g/mol. The number of hydrazone groups is 1. The average Bonchev–Trinajstić information content (AvgIpc) is 3.00. The summed E-state index contributed by atoms with van der Waals surface area (Å²) in [6, 6.07) is 17.0. The van der Waals surface area contributed by atoms with Gasteiger partial charge in [0.2, 0.25) is 0 Å². The van der Waals surface area contributed by atoms with Gasteiger partial charge in [0.25, 0.3) is 0 Å². The Morgan fingerprint density at radius 2 is 1.84 bits per heavy atom. The number of para-hydroxylation sites is 2. The van der Waals surface area contributed by atoms with Crippen LogP contribution in [0.15, 0.2) is 59.7 Å². The second-order valence-electron chi connectivity index (χ2n) is 5.86. The maximum atomic E-state index is 11.4. The summed E-state index contributed by atoms with van der Waals surface area (Å²) in [5.74, 6) is 1.51. The van der Waals surface area contributed by atoms with Crippen LogP contribution < -0.4 is 10.2 Å². The normalized spacial score (nSPS) is 15.3. The van der Waals surface area contributed by atoms with Crippen LogP contribution in [0.4, 0.5) is 0 Å². The van der Waals surface area contributed by atoms with E-state index in [9.17, 15) is 4.79 Å². The maximum Gasteiger partial charge on any atom is 0.148 e. The van der Waals surface area contributed by atoms with Crippen LogP contribution in [0.5, 0.6) is 11.5 Å². The SMILES string of the molecule is Cc1[nH]c(-c2ccccc2Oc2ccccc2)c2c1C(C=O)NN=C2. The number of aryl methyl sites for hydroxylation is 1. The number of carbonyl (C=O) groups is 1. The summed E-state index contributed by atoms with van der Waals surface area (Å²) in [5, 5.41) is 4.12. The largest absolute Gasteiger partial charge is 0.457 e. The van der Waals surface area contributed by atoms with Crippen LogP contribution in [0.1, 0.15) is 22.9 Å². The quantitative estimate of drug-likeness (QED) is 0.711. The summed E-state index contributed by atoms with van der Waals surface area (Å²) < 4.78 is 6.07. The fraction of sp³-hybridized carbons (Fsp3) is 0.100. The predicted octanol–water partition coefficient (Wildman–Crippen LogP) is 3.96. The fourth-order valence-corrected chi connectivity index (χ4v) is 3.13. The molecule has 2 aromatic carbocycles. The van der Waals surface area contributed by atoms with Crippen LogP contribution >= 0.6 is 0 Å². The van der Waals surface area contributed by atoms with E-state index in [0.29, 0.717) is 0 Å². The highest BCUT2D eigenvalue weighted by atomic mass is 16.5. The van der Waals surface area contributed by atoms with Crippen molar-refractivity contribution in [2.24, 2.45) is 5.10 Å². The van der Waals surface area contributed by atoms with E-state index in [4.69, 9.17) is 4.74 Å². The van der Waals surface area contributed by atoms with Crippen molar-refractivity contribution >= 4 is 12.5 Å². The predicted molar refractivity (Wildman–Crippen MR) is 97.0 cm³/mol. The molecule has 0 saturated carbocycles. The Morgan fingerprint density at radius 3 is 2.64 bits per heavy atom.